The number of furan rings is 1. The molecule has 0 bridgehead atoms. The van der Waals surface area contributed by atoms with Crippen molar-refractivity contribution in [2.45, 2.75) is 38.5 Å². The SMILES string of the molecule is CC(C)N(C)C[C@@H]1CO[C@]2(COCCN(Cc3ccco3)C2)C1. The fraction of sp³-hybridized carbons (Fsp3) is 0.778. The second-order valence-electron chi connectivity index (χ2n) is 7.44. The van der Waals surface area contributed by atoms with Gasteiger partial charge in [0.25, 0.3) is 0 Å². The summed E-state index contributed by atoms with van der Waals surface area (Å²) < 4.78 is 17.6. The molecule has 2 aliphatic rings. The summed E-state index contributed by atoms with van der Waals surface area (Å²) in [4.78, 5) is 4.81. The molecule has 0 amide bonds. The van der Waals surface area contributed by atoms with Crippen molar-refractivity contribution in [1.82, 2.24) is 9.80 Å². The van der Waals surface area contributed by atoms with Crippen LogP contribution >= 0.6 is 0 Å². The number of nitrogens with zero attached hydrogens (tertiary/aromatic N) is 2. The maximum atomic E-state index is 6.28. The molecule has 0 saturated carbocycles. The number of hydrogen-bond acceptors (Lipinski definition) is 5. The molecule has 2 atom stereocenters. The van der Waals surface area contributed by atoms with E-state index in [0.29, 0.717) is 18.6 Å². The summed E-state index contributed by atoms with van der Waals surface area (Å²) in [6, 6.07) is 4.56. The van der Waals surface area contributed by atoms with Crippen LogP contribution in [0.15, 0.2) is 22.8 Å². The monoisotopic (exact) mass is 322 g/mol. The van der Waals surface area contributed by atoms with Crippen LogP contribution in [0.2, 0.25) is 0 Å². The number of rotatable bonds is 5. The van der Waals surface area contributed by atoms with E-state index in [9.17, 15) is 0 Å². The highest BCUT2D eigenvalue weighted by molar-refractivity contribution is 5.00. The van der Waals surface area contributed by atoms with Gasteiger partial charge in [-0.3, -0.25) is 4.90 Å². The van der Waals surface area contributed by atoms with E-state index in [0.717, 1.165) is 51.6 Å². The zero-order chi connectivity index (χ0) is 16.3. The van der Waals surface area contributed by atoms with E-state index in [4.69, 9.17) is 13.9 Å². The molecule has 1 spiro atoms. The van der Waals surface area contributed by atoms with Crippen LogP contribution in [0.4, 0.5) is 0 Å². The first-order valence-corrected chi connectivity index (χ1v) is 8.73. The predicted molar refractivity (Wildman–Crippen MR) is 89.4 cm³/mol. The molecule has 2 aliphatic heterocycles. The van der Waals surface area contributed by atoms with Crippen LogP contribution in [0.1, 0.15) is 26.0 Å². The van der Waals surface area contributed by atoms with Gasteiger partial charge in [-0.15, -0.1) is 0 Å². The summed E-state index contributed by atoms with van der Waals surface area (Å²) >= 11 is 0. The molecule has 0 radical (unpaired) electrons. The molecule has 5 nitrogen and oxygen atoms in total. The van der Waals surface area contributed by atoms with Gasteiger partial charge in [-0.2, -0.15) is 0 Å². The third kappa shape index (κ3) is 4.35. The van der Waals surface area contributed by atoms with Gasteiger partial charge in [-0.25, -0.2) is 0 Å². The molecule has 23 heavy (non-hydrogen) atoms. The highest BCUT2D eigenvalue weighted by atomic mass is 16.5. The first-order valence-electron chi connectivity index (χ1n) is 8.73. The Bertz CT molecular complexity index is 477. The van der Waals surface area contributed by atoms with Crippen LogP contribution in [0.5, 0.6) is 0 Å². The third-order valence-electron chi connectivity index (χ3n) is 5.10. The van der Waals surface area contributed by atoms with Crippen molar-refractivity contribution in [1.29, 1.82) is 0 Å². The van der Waals surface area contributed by atoms with Gasteiger partial charge in [0.05, 0.1) is 32.6 Å². The number of ether oxygens (including phenoxy) is 2. The van der Waals surface area contributed by atoms with E-state index in [1.54, 1.807) is 6.26 Å². The van der Waals surface area contributed by atoms with Crippen molar-refractivity contribution in [2.24, 2.45) is 5.92 Å². The Morgan fingerprint density at radius 3 is 3.04 bits per heavy atom. The average molecular weight is 322 g/mol. The Kier molecular flexibility index (Phi) is 5.42. The first kappa shape index (κ1) is 17.0. The fourth-order valence-electron chi connectivity index (χ4n) is 3.63. The molecule has 0 aromatic carbocycles. The molecule has 1 aromatic heterocycles. The molecular weight excluding hydrogens is 292 g/mol. The molecule has 5 heteroatoms. The van der Waals surface area contributed by atoms with Crippen molar-refractivity contribution in [3.8, 4) is 0 Å². The van der Waals surface area contributed by atoms with Crippen LogP contribution in [0, 0.1) is 5.92 Å². The maximum absolute atomic E-state index is 6.28. The lowest BCUT2D eigenvalue weighted by atomic mass is 9.93. The zero-order valence-electron chi connectivity index (χ0n) is 14.7. The van der Waals surface area contributed by atoms with Gasteiger partial charge in [0.2, 0.25) is 0 Å². The normalized spacial score (nSPS) is 29.7. The minimum absolute atomic E-state index is 0.147. The third-order valence-corrected chi connectivity index (χ3v) is 5.10. The van der Waals surface area contributed by atoms with Crippen molar-refractivity contribution in [3.05, 3.63) is 24.2 Å². The Morgan fingerprint density at radius 1 is 1.43 bits per heavy atom. The molecule has 0 N–H and O–H groups in total. The summed E-state index contributed by atoms with van der Waals surface area (Å²) in [6.07, 6.45) is 2.82. The molecule has 0 aliphatic carbocycles. The van der Waals surface area contributed by atoms with Crippen LogP contribution in [0.25, 0.3) is 0 Å². The smallest absolute Gasteiger partial charge is 0.117 e. The molecule has 1 aromatic rings. The van der Waals surface area contributed by atoms with E-state index in [1.165, 1.54) is 0 Å². The van der Waals surface area contributed by atoms with Gasteiger partial charge in [0, 0.05) is 25.7 Å². The Hall–Kier alpha value is -0.880. The summed E-state index contributed by atoms with van der Waals surface area (Å²) in [5, 5.41) is 0. The van der Waals surface area contributed by atoms with Crippen molar-refractivity contribution >= 4 is 0 Å². The maximum Gasteiger partial charge on any atom is 0.117 e. The lowest BCUT2D eigenvalue weighted by Crippen LogP contribution is -2.44. The quantitative estimate of drug-likeness (QED) is 0.831. The Balaban J connectivity index is 1.59. The highest BCUT2D eigenvalue weighted by Gasteiger charge is 2.43. The molecule has 2 fully saturated rings. The van der Waals surface area contributed by atoms with E-state index in [1.807, 2.05) is 12.1 Å². The molecule has 2 saturated heterocycles. The molecule has 0 unspecified atom stereocenters. The second-order valence-corrected chi connectivity index (χ2v) is 7.44. The van der Waals surface area contributed by atoms with Crippen LogP contribution in [-0.4, -0.2) is 67.9 Å². The summed E-state index contributed by atoms with van der Waals surface area (Å²) in [7, 11) is 2.20. The number of hydrogen-bond donors (Lipinski definition) is 0. The largest absolute Gasteiger partial charge is 0.468 e. The fourth-order valence-corrected chi connectivity index (χ4v) is 3.63. The predicted octanol–water partition coefficient (Wildman–Crippen LogP) is 2.23. The molecule has 130 valence electrons. The van der Waals surface area contributed by atoms with E-state index in [-0.39, 0.29) is 5.60 Å². The zero-order valence-corrected chi connectivity index (χ0v) is 14.7. The van der Waals surface area contributed by atoms with Gasteiger partial charge >= 0.3 is 0 Å². The van der Waals surface area contributed by atoms with Gasteiger partial charge in [0.15, 0.2) is 0 Å². The van der Waals surface area contributed by atoms with Crippen molar-refractivity contribution in [2.75, 3.05) is 46.5 Å². The molecule has 3 rings (SSSR count). The average Bonchev–Trinajstić information content (AvgIpc) is 3.09. The van der Waals surface area contributed by atoms with E-state index in [2.05, 4.69) is 30.7 Å². The minimum Gasteiger partial charge on any atom is -0.468 e. The molecular formula is C18H30N2O3. The van der Waals surface area contributed by atoms with Gasteiger partial charge < -0.3 is 18.8 Å². The first-order chi connectivity index (χ1) is 11.1. The second kappa shape index (κ2) is 7.34. The van der Waals surface area contributed by atoms with Crippen molar-refractivity contribution < 1.29 is 13.9 Å². The van der Waals surface area contributed by atoms with E-state index < -0.39 is 0 Å². The van der Waals surface area contributed by atoms with Crippen LogP contribution in [0.3, 0.4) is 0 Å². The van der Waals surface area contributed by atoms with Crippen LogP contribution < -0.4 is 0 Å². The van der Waals surface area contributed by atoms with Crippen molar-refractivity contribution in [3.63, 3.8) is 0 Å². The van der Waals surface area contributed by atoms with Gasteiger partial charge in [0.1, 0.15) is 11.4 Å². The van der Waals surface area contributed by atoms with Crippen LogP contribution in [-0.2, 0) is 16.0 Å². The Morgan fingerprint density at radius 2 is 2.30 bits per heavy atom. The van der Waals surface area contributed by atoms with Gasteiger partial charge in [-0.05, 0) is 45.4 Å². The standard InChI is InChI=1S/C18H30N2O3/c1-15(2)19(3)10-16-9-18(23-12-16)13-20(6-8-21-14-18)11-17-5-4-7-22-17/h4-5,7,15-16H,6,8-14H2,1-3H3/t16-,18-/m1/s1. The minimum atomic E-state index is -0.147. The molecule has 3 heterocycles. The van der Waals surface area contributed by atoms with Gasteiger partial charge in [-0.1, -0.05) is 0 Å². The summed E-state index contributed by atoms with van der Waals surface area (Å²) in [6.45, 7) is 10.6. The highest BCUT2D eigenvalue weighted by Crippen LogP contribution is 2.33. The lowest BCUT2D eigenvalue weighted by molar-refractivity contribution is -0.0566. The van der Waals surface area contributed by atoms with E-state index >= 15 is 0 Å². The summed E-state index contributed by atoms with van der Waals surface area (Å²) in [5.41, 5.74) is -0.147. The Labute approximate surface area is 139 Å². The summed E-state index contributed by atoms with van der Waals surface area (Å²) in [5.74, 6) is 1.60. The lowest BCUT2D eigenvalue weighted by Gasteiger charge is -2.31. The topological polar surface area (TPSA) is 38.1 Å².